The van der Waals surface area contributed by atoms with Crippen LogP contribution in [0.4, 0.5) is 0 Å². The monoisotopic (exact) mass is 337 g/mol. The van der Waals surface area contributed by atoms with E-state index in [0.29, 0.717) is 5.56 Å². The fraction of sp³-hybridized carbons (Fsp3) is 0.471. The number of carbonyl (C=O) groups excluding carboxylic acids is 3. The first kappa shape index (κ1) is 16.4. The second-order valence-corrected chi connectivity index (χ2v) is 5.35. The van der Waals surface area contributed by atoms with Crippen molar-refractivity contribution in [2.75, 3.05) is 6.61 Å². The number of rotatable bonds is 5. The normalized spacial score (nSPS) is 26.3. The van der Waals surface area contributed by atoms with E-state index in [1.165, 1.54) is 13.8 Å². The molecule has 0 radical (unpaired) electrons. The summed E-state index contributed by atoms with van der Waals surface area (Å²) >= 11 is 0. The molecule has 2 rings (SSSR count). The van der Waals surface area contributed by atoms with Crippen molar-refractivity contribution in [1.82, 2.24) is 0 Å². The van der Waals surface area contributed by atoms with Gasteiger partial charge in [-0.3, -0.25) is 9.59 Å². The van der Waals surface area contributed by atoms with Crippen molar-refractivity contribution in [1.29, 1.82) is 0 Å². The van der Waals surface area contributed by atoms with Crippen molar-refractivity contribution in [3.63, 3.8) is 0 Å². The Kier molecular flexibility index (Phi) is 5.43. The molecule has 0 aromatic heterocycles. The lowest BCUT2D eigenvalue weighted by molar-refractivity contribution is -0.195. The molecule has 130 valence electrons. The topological polar surface area (TPSA) is 88.1 Å². The molecule has 1 saturated heterocycles. The van der Waals surface area contributed by atoms with Gasteiger partial charge in [-0.05, 0) is 12.1 Å². The summed E-state index contributed by atoms with van der Waals surface area (Å²) in [6.45, 7) is 2.12. The van der Waals surface area contributed by atoms with Gasteiger partial charge in [0.2, 0.25) is 6.29 Å². The summed E-state index contributed by atoms with van der Waals surface area (Å²) in [5, 5.41) is 0. The molecule has 0 N–H and O–H groups in total. The number of hydrogen-bond donors (Lipinski definition) is 0. The van der Waals surface area contributed by atoms with E-state index in [1.807, 2.05) is 0 Å². The molecule has 1 aromatic carbocycles. The average Bonchev–Trinajstić information content (AvgIpc) is 2.88. The summed E-state index contributed by atoms with van der Waals surface area (Å²) in [5.74, 6) is -2.30. The standard InChI is InChI=1S/C17H20O7/c1-10-14(9-21-16(20)13-7-5-4-6-8-13)24-17(23-12(3)19)15(10)22-11(2)18/h4-8,10,14-15,17H,9H2,1-3H3/t10-,14-,15-,17?/m1/s1/i1D. The molecule has 0 bridgehead atoms. The highest BCUT2D eigenvalue weighted by molar-refractivity contribution is 5.89. The highest BCUT2D eigenvalue weighted by Gasteiger charge is 2.46. The molecule has 0 aliphatic carbocycles. The van der Waals surface area contributed by atoms with Crippen LogP contribution in [0, 0.1) is 5.92 Å². The van der Waals surface area contributed by atoms with Crippen molar-refractivity contribution in [2.45, 2.75) is 39.2 Å². The van der Waals surface area contributed by atoms with Gasteiger partial charge in [-0.1, -0.05) is 25.1 Å². The Morgan fingerprint density at radius 3 is 2.38 bits per heavy atom. The van der Waals surface area contributed by atoms with Crippen LogP contribution in [0.15, 0.2) is 30.3 Å². The van der Waals surface area contributed by atoms with Crippen LogP contribution in [0.5, 0.6) is 0 Å². The first-order chi connectivity index (χ1) is 11.9. The van der Waals surface area contributed by atoms with E-state index in [2.05, 4.69) is 0 Å². The zero-order chi connectivity index (χ0) is 18.4. The predicted molar refractivity (Wildman–Crippen MR) is 81.9 cm³/mol. The van der Waals surface area contributed by atoms with Crippen LogP contribution in [-0.2, 0) is 28.5 Å². The Balaban J connectivity index is 2.04. The summed E-state index contributed by atoms with van der Waals surface area (Å²) in [6, 6.07) is 8.43. The molecule has 24 heavy (non-hydrogen) atoms. The summed E-state index contributed by atoms with van der Waals surface area (Å²) in [6.07, 6.45) is -2.77. The van der Waals surface area contributed by atoms with E-state index >= 15 is 0 Å². The smallest absolute Gasteiger partial charge is 0.338 e. The minimum atomic E-state index is -1.13. The number of esters is 3. The van der Waals surface area contributed by atoms with Gasteiger partial charge >= 0.3 is 17.9 Å². The third-order valence-corrected chi connectivity index (χ3v) is 3.45. The van der Waals surface area contributed by atoms with Gasteiger partial charge in [-0.25, -0.2) is 4.79 Å². The Morgan fingerprint density at radius 2 is 1.79 bits per heavy atom. The van der Waals surface area contributed by atoms with Gasteiger partial charge in [0.1, 0.15) is 12.7 Å². The summed E-state index contributed by atoms with van der Waals surface area (Å²) < 4.78 is 28.6. The van der Waals surface area contributed by atoms with Crippen molar-refractivity contribution < 1.29 is 34.7 Å². The third kappa shape index (κ3) is 4.55. The van der Waals surface area contributed by atoms with Gasteiger partial charge < -0.3 is 18.9 Å². The lowest BCUT2D eigenvalue weighted by Crippen LogP contribution is -2.34. The van der Waals surface area contributed by atoms with E-state index in [4.69, 9.17) is 20.3 Å². The fourth-order valence-corrected chi connectivity index (χ4v) is 2.34. The van der Waals surface area contributed by atoms with Gasteiger partial charge in [-0.15, -0.1) is 0 Å². The number of carbonyl (C=O) groups is 3. The summed E-state index contributed by atoms with van der Waals surface area (Å²) in [4.78, 5) is 34.5. The van der Waals surface area contributed by atoms with Crippen LogP contribution in [0.25, 0.3) is 0 Å². The van der Waals surface area contributed by atoms with Crippen LogP contribution in [0.3, 0.4) is 0 Å². The van der Waals surface area contributed by atoms with E-state index in [-0.39, 0.29) is 13.5 Å². The molecule has 7 nitrogen and oxygen atoms in total. The first-order valence-electron chi connectivity index (χ1n) is 8.14. The maximum atomic E-state index is 12.0. The second-order valence-electron chi connectivity index (χ2n) is 5.35. The van der Waals surface area contributed by atoms with E-state index in [1.54, 1.807) is 30.3 Å². The number of ether oxygens (including phenoxy) is 4. The number of benzene rings is 1. The Morgan fingerprint density at radius 1 is 1.12 bits per heavy atom. The average molecular weight is 337 g/mol. The van der Waals surface area contributed by atoms with Crippen LogP contribution in [0.1, 0.15) is 32.5 Å². The third-order valence-electron chi connectivity index (χ3n) is 3.45. The zero-order valence-corrected chi connectivity index (χ0v) is 13.5. The Hall–Kier alpha value is -2.41. The molecule has 1 aromatic rings. The molecule has 1 aliphatic heterocycles. The summed E-state index contributed by atoms with van der Waals surface area (Å²) in [5.41, 5.74) is 0.385. The largest absolute Gasteiger partial charge is 0.459 e. The molecule has 1 unspecified atom stereocenters. The van der Waals surface area contributed by atoms with Gasteiger partial charge in [0.15, 0.2) is 6.10 Å². The molecule has 1 heterocycles. The van der Waals surface area contributed by atoms with E-state index in [9.17, 15) is 14.4 Å². The van der Waals surface area contributed by atoms with Gasteiger partial charge in [0.05, 0.1) is 5.56 Å². The molecular weight excluding hydrogens is 316 g/mol. The molecule has 0 amide bonds. The molecular formula is C17H20O7. The SMILES string of the molecule is [2H]C[C@@H]1[C@@H](COC(=O)c2ccccc2)OC(OC(C)=O)[C@@H]1OC(C)=O. The molecule has 7 heteroatoms. The van der Waals surface area contributed by atoms with Crippen molar-refractivity contribution >= 4 is 17.9 Å². The second kappa shape index (κ2) is 7.92. The maximum Gasteiger partial charge on any atom is 0.338 e. The highest BCUT2D eigenvalue weighted by atomic mass is 16.7. The molecule has 0 saturated carbocycles. The minimum absolute atomic E-state index is 0.146. The highest BCUT2D eigenvalue weighted by Crippen LogP contribution is 2.30. The lowest BCUT2D eigenvalue weighted by Gasteiger charge is -2.20. The zero-order valence-electron chi connectivity index (χ0n) is 14.5. The van der Waals surface area contributed by atoms with Crippen molar-refractivity contribution in [3.05, 3.63) is 35.9 Å². The predicted octanol–water partition coefficient (Wildman–Crippen LogP) is 1.70. The van der Waals surface area contributed by atoms with Crippen LogP contribution >= 0.6 is 0 Å². The van der Waals surface area contributed by atoms with E-state index in [0.717, 1.165) is 0 Å². The van der Waals surface area contributed by atoms with Crippen LogP contribution < -0.4 is 0 Å². The Bertz CT molecular complexity index is 619. The summed E-state index contributed by atoms with van der Waals surface area (Å²) in [7, 11) is 0. The molecule has 1 fully saturated rings. The fourth-order valence-electron chi connectivity index (χ4n) is 2.34. The molecule has 0 spiro atoms. The van der Waals surface area contributed by atoms with Crippen molar-refractivity contribution in [3.8, 4) is 0 Å². The first-order valence-corrected chi connectivity index (χ1v) is 7.43. The van der Waals surface area contributed by atoms with Crippen molar-refractivity contribution in [2.24, 2.45) is 5.92 Å². The minimum Gasteiger partial charge on any atom is -0.459 e. The lowest BCUT2D eigenvalue weighted by atomic mass is 10.0. The maximum absolute atomic E-state index is 12.0. The van der Waals surface area contributed by atoms with Crippen LogP contribution in [-0.4, -0.2) is 43.0 Å². The molecule has 1 aliphatic rings. The number of hydrogen-bond acceptors (Lipinski definition) is 7. The van der Waals surface area contributed by atoms with Gasteiger partial charge in [0.25, 0.3) is 0 Å². The Labute approximate surface area is 141 Å². The van der Waals surface area contributed by atoms with Gasteiger partial charge in [-0.2, -0.15) is 0 Å². The quantitative estimate of drug-likeness (QED) is 0.597. The molecule has 4 atom stereocenters. The van der Waals surface area contributed by atoms with E-state index < -0.39 is 42.3 Å². The van der Waals surface area contributed by atoms with Gasteiger partial charge in [0, 0.05) is 21.1 Å². The van der Waals surface area contributed by atoms with Crippen LogP contribution in [0.2, 0.25) is 0 Å².